The summed E-state index contributed by atoms with van der Waals surface area (Å²) in [4.78, 5) is 23.7. The van der Waals surface area contributed by atoms with Crippen LogP contribution in [0.1, 0.15) is 46.2 Å². The zero-order chi connectivity index (χ0) is 16.8. The largest absolute Gasteiger partial charge is 0.302 e. The number of fused-ring (bicyclic) bond motifs is 2. The molecule has 1 amide bonds. The summed E-state index contributed by atoms with van der Waals surface area (Å²) in [5.74, 6) is 1.21. The molecule has 7 nitrogen and oxygen atoms in total. The molecule has 25 heavy (non-hydrogen) atoms. The summed E-state index contributed by atoms with van der Waals surface area (Å²) in [5.41, 5.74) is 3.33. The number of hydrogen-bond acceptors (Lipinski definition) is 5. The van der Waals surface area contributed by atoms with Crippen LogP contribution in [0.5, 0.6) is 0 Å². The number of anilines is 1. The van der Waals surface area contributed by atoms with Gasteiger partial charge in [0.05, 0.1) is 30.5 Å². The summed E-state index contributed by atoms with van der Waals surface area (Å²) in [5, 5.41) is 8.10. The van der Waals surface area contributed by atoms with Gasteiger partial charge in [0.2, 0.25) is 0 Å². The van der Waals surface area contributed by atoms with Gasteiger partial charge in [-0.1, -0.05) is 23.4 Å². The fraction of sp³-hybridized carbons (Fsp3) is 0.278. The van der Waals surface area contributed by atoms with E-state index in [4.69, 9.17) is 0 Å². The topological polar surface area (TPSA) is 76.8 Å². The van der Waals surface area contributed by atoms with Crippen LogP contribution < -0.4 is 4.90 Å². The number of amides is 1. The standard InChI is InChI=1S/C18H16N6O/c25-18(14-7-19-17(20-8-14)12-5-6-12)23-11-15-9-21-22-24(15)10-13-3-1-2-4-16(13)23/h1-4,7-9,12H,5-6,10-11H2. The summed E-state index contributed by atoms with van der Waals surface area (Å²) in [6.45, 7) is 1.03. The zero-order valence-corrected chi connectivity index (χ0v) is 13.5. The fourth-order valence-electron chi connectivity index (χ4n) is 3.19. The van der Waals surface area contributed by atoms with E-state index in [-0.39, 0.29) is 5.91 Å². The Morgan fingerprint density at radius 3 is 2.64 bits per heavy atom. The number of hydrogen-bond donors (Lipinski definition) is 0. The van der Waals surface area contributed by atoms with E-state index >= 15 is 0 Å². The minimum Gasteiger partial charge on any atom is -0.302 e. The molecule has 3 aromatic rings. The van der Waals surface area contributed by atoms with Crippen LogP contribution in [0.4, 0.5) is 5.69 Å². The average Bonchev–Trinajstić information content (AvgIpc) is 3.44. The molecule has 0 saturated heterocycles. The molecule has 124 valence electrons. The van der Waals surface area contributed by atoms with E-state index in [1.54, 1.807) is 23.5 Å². The fourth-order valence-corrected chi connectivity index (χ4v) is 3.19. The molecule has 0 bridgehead atoms. The Bertz CT molecular complexity index is 944. The number of carbonyl (C=O) groups excluding carboxylic acids is 1. The lowest BCUT2D eigenvalue weighted by molar-refractivity contribution is 0.0984. The molecule has 2 aromatic heterocycles. The summed E-state index contributed by atoms with van der Waals surface area (Å²) in [7, 11) is 0. The average molecular weight is 332 g/mol. The molecule has 3 heterocycles. The Morgan fingerprint density at radius 2 is 1.84 bits per heavy atom. The van der Waals surface area contributed by atoms with E-state index in [1.165, 1.54) is 0 Å². The molecule has 1 aromatic carbocycles. The van der Waals surface area contributed by atoms with Gasteiger partial charge < -0.3 is 4.90 Å². The maximum Gasteiger partial charge on any atom is 0.261 e. The van der Waals surface area contributed by atoms with Gasteiger partial charge in [-0.15, -0.1) is 5.10 Å². The highest BCUT2D eigenvalue weighted by Crippen LogP contribution is 2.37. The second-order valence-corrected chi connectivity index (χ2v) is 6.51. The predicted molar refractivity (Wildman–Crippen MR) is 90.1 cm³/mol. The molecule has 5 rings (SSSR count). The van der Waals surface area contributed by atoms with E-state index in [0.29, 0.717) is 24.6 Å². The Kier molecular flexibility index (Phi) is 3.12. The maximum absolute atomic E-state index is 13.1. The van der Waals surface area contributed by atoms with Crippen molar-refractivity contribution in [3.8, 4) is 0 Å². The number of rotatable bonds is 2. The van der Waals surface area contributed by atoms with E-state index < -0.39 is 0 Å². The second kappa shape index (κ2) is 5.47. The van der Waals surface area contributed by atoms with Crippen LogP contribution >= 0.6 is 0 Å². The lowest BCUT2D eigenvalue weighted by Crippen LogP contribution is -2.31. The minimum absolute atomic E-state index is 0.107. The molecule has 1 saturated carbocycles. The summed E-state index contributed by atoms with van der Waals surface area (Å²) >= 11 is 0. The van der Waals surface area contributed by atoms with Gasteiger partial charge in [-0.2, -0.15) is 0 Å². The van der Waals surface area contributed by atoms with E-state index in [0.717, 1.165) is 35.6 Å². The SMILES string of the molecule is O=C(c1cnc(C2CC2)nc1)N1Cc2cnnn2Cc2ccccc21. The van der Waals surface area contributed by atoms with Crippen molar-refractivity contribution in [3.05, 3.63) is 65.5 Å². The van der Waals surface area contributed by atoms with Gasteiger partial charge in [-0.3, -0.25) is 4.79 Å². The maximum atomic E-state index is 13.1. The Labute approximate surface area is 144 Å². The molecule has 2 aliphatic rings. The van der Waals surface area contributed by atoms with Crippen LogP contribution in [-0.4, -0.2) is 30.9 Å². The lowest BCUT2D eigenvalue weighted by atomic mass is 10.1. The Morgan fingerprint density at radius 1 is 1.04 bits per heavy atom. The first kappa shape index (κ1) is 14.3. The van der Waals surface area contributed by atoms with Crippen molar-refractivity contribution < 1.29 is 4.79 Å². The second-order valence-electron chi connectivity index (χ2n) is 6.51. The third-order valence-corrected chi connectivity index (χ3v) is 4.73. The molecule has 1 fully saturated rings. The molecule has 0 atom stereocenters. The quantitative estimate of drug-likeness (QED) is 0.719. The van der Waals surface area contributed by atoms with Crippen LogP contribution in [-0.2, 0) is 13.1 Å². The van der Waals surface area contributed by atoms with Crippen molar-refractivity contribution in [1.82, 2.24) is 25.0 Å². The highest BCUT2D eigenvalue weighted by Gasteiger charge is 2.28. The van der Waals surface area contributed by atoms with E-state index in [9.17, 15) is 4.79 Å². The molecule has 0 spiro atoms. The predicted octanol–water partition coefficient (Wildman–Crippen LogP) is 2.15. The Hall–Kier alpha value is -3.09. The van der Waals surface area contributed by atoms with Gasteiger partial charge in [0.1, 0.15) is 5.82 Å². The molecule has 1 aliphatic heterocycles. The zero-order valence-electron chi connectivity index (χ0n) is 13.5. The van der Waals surface area contributed by atoms with Crippen LogP contribution in [0, 0.1) is 0 Å². The highest BCUT2D eigenvalue weighted by atomic mass is 16.2. The number of nitrogens with zero attached hydrogens (tertiary/aromatic N) is 6. The van der Waals surface area contributed by atoms with Crippen LogP contribution in [0.15, 0.2) is 42.9 Å². The first-order valence-electron chi connectivity index (χ1n) is 8.38. The van der Waals surface area contributed by atoms with Crippen molar-refractivity contribution in [2.24, 2.45) is 0 Å². The van der Waals surface area contributed by atoms with Crippen molar-refractivity contribution in [3.63, 3.8) is 0 Å². The van der Waals surface area contributed by atoms with E-state index in [1.807, 2.05) is 28.9 Å². The normalized spacial score (nSPS) is 16.1. The molecule has 7 heteroatoms. The van der Waals surface area contributed by atoms with Crippen molar-refractivity contribution in [1.29, 1.82) is 0 Å². The van der Waals surface area contributed by atoms with Gasteiger partial charge in [0.25, 0.3) is 5.91 Å². The number of benzene rings is 1. The smallest absolute Gasteiger partial charge is 0.261 e. The highest BCUT2D eigenvalue weighted by molar-refractivity contribution is 6.06. The van der Waals surface area contributed by atoms with E-state index in [2.05, 4.69) is 20.3 Å². The van der Waals surface area contributed by atoms with Gasteiger partial charge in [0.15, 0.2) is 0 Å². The van der Waals surface area contributed by atoms with Crippen molar-refractivity contribution >= 4 is 11.6 Å². The van der Waals surface area contributed by atoms with Crippen LogP contribution in [0.2, 0.25) is 0 Å². The van der Waals surface area contributed by atoms with Gasteiger partial charge in [-0.05, 0) is 24.5 Å². The van der Waals surface area contributed by atoms with Crippen LogP contribution in [0.25, 0.3) is 0 Å². The minimum atomic E-state index is -0.107. The summed E-state index contributed by atoms with van der Waals surface area (Å²) in [6, 6.07) is 7.89. The number of carbonyl (C=O) groups is 1. The summed E-state index contributed by atoms with van der Waals surface area (Å²) in [6.07, 6.45) is 7.28. The number of para-hydroxylation sites is 1. The molecule has 0 N–H and O–H groups in total. The molecular weight excluding hydrogens is 316 g/mol. The first-order chi connectivity index (χ1) is 12.3. The lowest BCUT2D eigenvalue weighted by Gasteiger charge is -2.22. The van der Waals surface area contributed by atoms with Crippen LogP contribution in [0.3, 0.4) is 0 Å². The molecule has 1 aliphatic carbocycles. The Balaban J connectivity index is 1.53. The third kappa shape index (κ3) is 2.48. The molecule has 0 unspecified atom stereocenters. The van der Waals surface area contributed by atoms with Gasteiger partial charge >= 0.3 is 0 Å². The van der Waals surface area contributed by atoms with Gasteiger partial charge in [0, 0.05) is 24.0 Å². The number of aromatic nitrogens is 5. The van der Waals surface area contributed by atoms with Crippen molar-refractivity contribution in [2.45, 2.75) is 31.8 Å². The first-order valence-corrected chi connectivity index (χ1v) is 8.38. The monoisotopic (exact) mass is 332 g/mol. The summed E-state index contributed by atoms with van der Waals surface area (Å²) < 4.78 is 1.83. The third-order valence-electron chi connectivity index (χ3n) is 4.73. The molecular formula is C18H16N6O. The molecule has 0 radical (unpaired) electrons. The van der Waals surface area contributed by atoms with Gasteiger partial charge in [-0.25, -0.2) is 14.6 Å². The van der Waals surface area contributed by atoms with Crippen molar-refractivity contribution in [2.75, 3.05) is 4.90 Å².